The molecular formula is C7H13NO. The van der Waals surface area contributed by atoms with Crippen LogP contribution >= 0.6 is 0 Å². The minimum Gasteiger partial charge on any atom is -0.351 e. The second-order valence-corrected chi connectivity index (χ2v) is 2.96. The van der Waals surface area contributed by atoms with Gasteiger partial charge in [0.2, 0.25) is 5.91 Å². The van der Waals surface area contributed by atoms with Crippen molar-refractivity contribution in [1.82, 2.24) is 5.32 Å². The van der Waals surface area contributed by atoms with Crippen molar-refractivity contribution >= 4 is 5.91 Å². The molecule has 0 saturated carbocycles. The van der Waals surface area contributed by atoms with Gasteiger partial charge in [-0.3, -0.25) is 4.79 Å². The molecule has 9 heavy (non-hydrogen) atoms. The van der Waals surface area contributed by atoms with Gasteiger partial charge in [0.25, 0.3) is 0 Å². The molecule has 1 fully saturated rings. The van der Waals surface area contributed by atoms with Gasteiger partial charge in [-0.1, -0.05) is 6.92 Å². The molecule has 1 rings (SSSR count). The Morgan fingerprint density at radius 1 is 1.78 bits per heavy atom. The van der Waals surface area contributed by atoms with Crippen molar-refractivity contribution in [2.45, 2.75) is 38.6 Å². The summed E-state index contributed by atoms with van der Waals surface area (Å²) in [4.78, 5) is 10.7. The van der Waals surface area contributed by atoms with Crippen LogP contribution in [0.4, 0.5) is 0 Å². The van der Waals surface area contributed by atoms with E-state index in [9.17, 15) is 4.79 Å². The van der Waals surface area contributed by atoms with E-state index in [2.05, 4.69) is 19.2 Å². The Hall–Kier alpha value is -0.530. The summed E-state index contributed by atoms with van der Waals surface area (Å²) in [5, 5.41) is 2.94. The number of hydrogen-bond donors (Lipinski definition) is 1. The van der Waals surface area contributed by atoms with Crippen LogP contribution in [0, 0.1) is 0 Å². The third kappa shape index (κ3) is 1.23. The fourth-order valence-corrected chi connectivity index (χ4v) is 1.12. The van der Waals surface area contributed by atoms with Crippen molar-refractivity contribution in [1.29, 1.82) is 0 Å². The van der Waals surface area contributed by atoms with Crippen LogP contribution in [-0.4, -0.2) is 11.4 Å². The molecule has 0 aromatic carbocycles. The number of carbonyl (C=O) groups is 1. The second-order valence-electron chi connectivity index (χ2n) is 2.96. The van der Waals surface area contributed by atoms with Gasteiger partial charge in [-0.15, -0.1) is 0 Å². The lowest BCUT2D eigenvalue weighted by atomic mass is 9.98. The lowest BCUT2D eigenvalue weighted by Crippen LogP contribution is -2.37. The predicted molar refractivity (Wildman–Crippen MR) is 36.1 cm³/mol. The minimum absolute atomic E-state index is 0.108. The summed E-state index contributed by atoms with van der Waals surface area (Å²) in [6.07, 6.45) is 2.76. The highest BCUT2D eigenvalue weighted by Crippen LogP contribution is 2.21. The molecule has 52 valence electrons. The summed E-state index contributed by atoms with van der Waals surface area (Å²) in [7, 11) is 0. The number of rotatable bonds is 1. The molecule has 0 unspecified atom stereocenters. The van der Waals surface area contributed by atoms with Gasteiger partial charge in [-0.25, -0.2) is 0 Å². The molecule has 1 aliphatic heterocycles. The predicted octanol–water partition coefficient (Wildman–Crippen LogP) is 1.07. The fourth-order valence-electron chi connectivity index (χ4n) is 1.12. The molecule has 2 nitrogen and oxygen atoms in total. The SMILES string of the molecule is CC[C@]1(C)CCC(=O)N1. The maximum Gasteiger partial charge on any atom is 0.220 e. The number of nitrogens with one attached hydrogen (secondary N) is 1. The molecule has 0 aromatic heterocycles. The van der Waals surface area contributed by atoms with Crippen LogP contribution < -0.4 is 5.32 Å². The Morgan fingerprint density at radius 3 is 2.67 bits per heavy atom. The highest BCUT2D eigenvalue weighted by Gasteiger charge is 2.30. The van der Waals surface area contributed by atoms with Gasteiger partial charge in [-0.2, -0.15) is 0 Å². The van der Waals surface area contributed by atoms with Gasteiger partial charge in [0.15, 0.2) is 0 Å². The largest absolute Gasteiger partial charge is 0.351 e. The zero-order valence-electron chi connectivity index (χ0n) is 6.03. The molecule has 1 aliphatic rings. The molecule has 0 aliphatic carbocycles. The summed E-state index contributed by atoms with van der Waals surface area (Å²) >= 11 is 0. The molecule has 0 radical (unpaired) electrons. The van der Waals surface area contributed by atoms with Gasteiger partial charge in [0, 0.05) is 12.0 Å². The van der Waals surface area contributed by atoms with E-state index in [1.165, 1.54) is 0 Å². The average molecular weight is 127 g/mol. The summed E-state index contributed by atoms with van der Waals surface area (Å²) in [5.74, 6) is 0.208. The molecule has 1 atom stereocenters. The first-order valence-electron chi connectivity index (χ1n) is 3.47. The first-order valence-corrected chi connectivity index (χ1v) is 3.47. The lowest BCUT2D eigenvalue weighted by molar-refractivity contribution is -0.119. The standard InChI is InChI=1S/C7H13NO/c1-3-7(2)5-4-6(9)8-7/h3-5H2,1-2H3,(H,8,9)/t7-/m1/s1. The minimum atomic E-state index is 0.108. The van der Waals surface area contributed by atoms with E-state index in [-0.39, 0.29) is 11.4 Å². The molecule has 2 heteroatoms. The van der Waals surface area contributed by atoms with Crippen molar-refractivity contribution in [3.05, 3.63) is 0 Å². The maximum atomic E-state index is 10.7. The van der Waals surface area contributed by atoms with Crippen molar-refractivity contribution in [3.63, 3.8) is 0 Å². The Labute approximate surface area is 55.6 Å². The zero-order chi connectivity index (χ0) is 6.91. The Morgan fingerprint density at radius 2 is 2.44 bits per heavy atom. The van der Waals surface area contributed by atoms with E-state index < -0.39 is 0 Å². The van der Waals surface area contributed by atoms with E-state index in [1.807, 2.05) is 0 Å². The van der Waals surface area contributed by atoms with Crippen LogP contribution in [0.25, 0.3) is 0 Å². The fraction of sp³-hybridized carbons (Fsp3) is 0.857. The molecular weight excluding hydrogens is 114 g/mol. The van der Waals surface area contributed by atoms with E-state index in [1.54, 1.807) is 0 Å². The van der Waals surface area contributed by atoms with Gasteiger partial charge in [-0.05, 0) is 19.8 Å². The van der Waals surface area contributed by atoms with Gasteiger partial charge < -0.3 is 5.32 Å². The third-order valence-electron chi connectivity index (χ3n) is 2.13. The normalized spacial score (nSPS) is 34.7. The summed E-state index contributed by atoms with van der Waals surface area (Å²) in [6.45, 7) is 4.20. The van der Waals surface area contributed by atoms with E-state index in [4.69, 9.17) is 0 Å². The van der Waals surface area contributed by atoms with Gasteiger partial charge in [0.1, 0.15) is 0 Å². The van der Waals surface area contributed by atoms with Crippen LogP contribution in [0.1, 0.15) is 33.1 Å². The van der Waals surface area contributed by atoms with Crippen LogP contribution in [0.2, 0.25) is 0 Å². The van der Waals surface area contributed by atoms with Crippen molar-refractivity contribution < 1.29 is 4.79 Å². The molecule has 0 aromatic rings. The summed E-state index contributed by atoms with van der Waals surface area (Å²) in [6, 6.07) is 0. The number of carbonyl (C=O) groups excluding carboxylic acids is 1. The molecule has 1 amide bonds. The number of hydrogen-bond acceptors (Lipinski definition) is 1. The quantitative estimate of drug-likeness (QED) is 0.560. The smallest absolute Gasteiger partial charge is 0.220 e. The average Bonchev–Trinajstić information content (AvgIpc) is 2.13. The first-order chi connectivity index (χ1) is 4.16. The summed E-state index contributed by atoms with van der Waals surface area (Å²) < 4.78 is 0. The van der Waals surface area contributed by atoms with Crippen LogP contribution in [-0.2, 0) is 4.79 Å². The summed E-state index contributed by atoms with van der Waals surface area (Å²) in [5.41, 5.74) is 0.108. The van der Waals surface area contributed by atoms with E-state index in [0.717, 1.165) is 12.8 Å². The molecule has 0 spiro atoms. The molecule has 1 N–H and O–H groups in total. The van der Waals surface area contributed by atoms with Crippen molar-refractivity contribution in [2.75, 3.05) is 0 Å². The van der Waals surface area contributed by atoms with Crippen molar-refractivity contribution in [3.8, 4) is 0 Å². The van der Waals surface area contributed by atoms with Crippen molar-refractivity contribution in [2.24, 2.45) is 0 Å². The van der Waals surface area contributed by atoms with Gasteiger partial charge in [0.05, 0.1) is 0 Å². The number of amides is 1. The van der Waals surface area contributed by atoms with Crippen LogP contribution in [0.3, 0.4) is 0 Å². The van der Waals surface area contributed by atoms with Crippen LogP contribution in [0.5, 0.6) is 0 Å². The Kier molecular flexibility index (Phi) is 1.47. The molecule has 1 heterocycles. The zero-order valence-corrected chi connectivity index (χ0v) is 6.03. The lowest BCUT2D eigenvalue weighted by Gasteiger charge is -2.20. The second kappa shape index (κ2) is 2.01. The highest BCUT2D eigenvalue weighted by molar-refractivity contribution is 5.79. The highest BCUT2D eigenvalue weighted by atomic mass is 16.2. The monoisotopic (exact) mass is 127 g/mol. The first kappa shape index (κ1) is 6.59. The van der Waals surface area contributed by atoms with Gasteiger partial charge >= 0.3 is 0 Å². The third-order valence-corrected chi connectivity index (χ3v) is 2.13. The van der Waals surface area contributed by atoms with E-state index >= 15 is 0 Å². The topological polar surface area (TPSA) is 29.1 Å². The Balaban J connectivity index is 2.54. The van der Waals surface area contributed by atoms with Crippen LogP contribution in [0.15, 0.2) is 0 Å². The molecule has 0 bridgehead atoms. The maximum absolute atomic E-state index is 10.7. The Bertz CT molecular complexity index is 133. The van der Waals surface area contributed by atoms with E-state index in [0.29, 0.717) is 6.42 Å². The molecule has 1 saturated heterocycles.